The highest BCUT2D eigenvalue weighted by Gasteiger charge is 2.08. The Morgan fingerprint density at radius 3 is 2.48 bits per heavy atom. The van der Waals surface area contributed by atoms with Crippen molar-refractivity contribution in [1.29, 1.82) is 0 Å². The molecule has 0 aromatic heterocycles. The van der Waals surface area contributed by atoms with Gasteiger partial charge in [-0.2, -0.15) is 0 Å². The van der Waals surface area contributed by atoms with Gasteiger partial charge in [-0.3, -0.25) is 4.79 Å². The lowest BCUT2D eigenvalue weighted by Crippen LogP contribution is -2.25. The third kappa shape index (κ3) is 4.46. The molecule has 0 saturated carbocycles. The summed E-state index contributed by atoms with van der Waals surface area (Å²) in [5.41, 5.74) is 2.39. The van der Waals surface area contributed by atoms with Crippen molar-refractivity contribution in [2.45, 2.75) is 19.6 Å². The highest BCUT2D eigenvalue weighted by atomic mass is 35.5. The quantitative estimate of drug-likeness (QED) is 0.886. The molecule has 2 N–H and O–H groups in total. The Morgan fingerprint density at radius 1 is 1.05 bits per heavy atom. The molecule has 2 aromatic carbocycles. The smallest absolute Gasteiger partial charge is 0.224 e. The predicted octanol–water partition coefficient (Wildman–Crippen LogP) is 3.34. The Hall–Kier alpha value is -1.55. The molecule has 0 aliphatic rings. The van der Waals surface area contributed by atoms with Crippen LogP contribution in [-0.4, -0.2) is 11.0 Å². The van der Waals surface area contributed by atoms with E-state index in [1.165, 1.54) is 0 Å². The minimum Gasteiger partial charge on any atom is -0.392 e. The summed E-state index contributed by atoms with van der Waals surface area (Å²) in [7, 11) is 0. The van der Waals surface area contributed by atoms with E-state index in [-0.39, 0.29) is 18.9 Å². The predicted molar refractivity (Wildman–Crippen MR) is 84.4 cm³/mol. The largest absolute Gasteiger partial charge is 0.392 e. The van der Waals surface area contributed by atoms with Crippen molar-refractivity contribution < 1.29 is 9.90 Å². The van der Waals surface area contributed by atoms with Crippen molar-refractivity contribution >= 4 is 29.1 Å². The normalized spacial score (nSPS) is 10.4. The zero-order valence-corrected chi connectivity index (χ0v) is 12.8. The molecule has 0 aliphatic carbocycles. The molecule has 5 heteroatoms. The fraction of sp³-hybridized carbons (Fsp3) is 0.188. The monoisotopic (exact) mass is 323 g/mol. The molecule has 0 radical (unpaired) electrons. The zero-order chi connectivity index (χ0) is 15.2. The van der Waals surface area contributed by atoms with E-state index in [9.17, 15) is 9.90 Å². The van der Waals surface area contributed by atoms with E-state index in [0.29, 0.717) is 22.2 Å². The lowest BCUT2D eigenvalue weighted by atomic mass is 10.1. The van der Waals surface area contributed by atoms with Gasteiger partial charge in [-0.1, -0.05) is 47.5 Å². The zero-order valence-electron chi connectivity index (χ0n) is 11.3. The van der Waals surface area contributed by atoms with Crippen molar-refractivity contribution in [1.82, 2.24) is 5.32 Å². The topological polar surface area (TPSA) is 49.3 Å². The van der Waals surface area contributed by atoms with Gasteiger partial charge >= 0.3 is 0 Å². The van der Waals surface area contributed by atoms with E-state index in [2.05, 4.69) is 5.32 Å². The lowest BCUT2D eigenvalue weighted by Gasteiger charge is -2.10. The van der Waals surface area contributed by atoms with Crippen molar-refractivity contribution in [2.24, 2.45) is 0 Å². The molecule has 3 nitrogen and oxygen atoms in total. The molecule has 0 aliphatic heterocycles. The number of hydrogen-bond donors (Lipinski definition) is 2. The molecule has 0 spiro atoms. The van der Waals surface area contributed by atoms with Crippen molar-refractivity contribution in [3.8, 4) is 0 Å². The number of aliphatic hydroxyl groups excluding tert-OH is 1. The van der Waals surface area contributed by atoms with Gasteiger partial charge in [0.15, 0.2) is 0 Å². The Morgan fingerprint density at radius 2 is 1.76 bits per heavy atom. The molecule has 0 bridgehead atoms. The van der Waals surface area contributed by atoms with Gasteiger partial charge in [0.2, 0.25) is 5.91 Å². The second kappa shape index (κ2) is 7.46. The lowest BCUT2D eigenvalue weighted by molar-refractivity contribution is -0.120. The fourth-order valence-electron chi connectivity index (χ4n) is 1.99. The van der Waals surface area contributed by atoms with E-state index < -0.39 is 0 Å². The van der Waals surface area contributed by atoms with Crippen LogP contribution in [0, 0.1) is 0 Å². The van der Waals surface area contributed by atoms with Crippen molar-refractivity contribution in [3.05, 3.63) is 69.2 Å². The molecule has 0 atom stereocenters. The summed E-state index contributed by atoms with van der Waals surface area (Å²) in [4.78, 5) is 12.0. The molecule has 0 fully saturated rings. The number of halogens is 2. The standard InChI is InChI=1S/C16H15Cl2NO2/c17-14-5-6-15(18)13(7-14)8-16(21)19-9-11-3-1-2-4-12(11)10-20/h1-7,20H,8-10H2,(H,19,21). The van der Waals surface area contributed by atoms with Crippen molar-refractivity contribution in [2.75, 3.05) is 0 Å². The summed E-state index contributed by atoms with van der Waals surface area (Å²) >= 11 is 11.9. The van der Waals surface area contributed by atoms with Gasteiger partial charge in [0.1, 0.15) is 0 Å². The van der Waals surface area contributed by atoms with E-state index >= 15 is 0 Å². The molecule has 0 saturated heterocycles. The summed E-state index contributed by atoms with van der Waals surface area (Å²) in [5.74, 6) is -0.146. The van der Waals surface area contributed by atoms with Gasteiger partial charge in [0, 0.05) is 16.6 Å². The van der Waals surface area contributed by atoms with E-state index in [1.807, 2.05) is 24.3 Å². The number of nitrogens with one attached hydrogen (secondary N) is 1. The number of aliphatic hydroxyl groups is 1. The highest BCUT2D eigenvalue weighted by molar-refractivity contribution is 6.33. The SMILES string of the molecule is O=C(Cc1cc(Cl)ccc1Cl)NCc1ccccc1CO. The van der Waals surface area contributed by atoms with Gasteiger partial charge in [0.25, 0.3) is 0 Å². The molecule has 0 heterocycles. The van der Waals surface area contributed by atoms with Crippen LogP contribution in [0.3, 0.4) is 0 Å². The first kappa shape index (κ1) is 15.8. The first-order valence-electron chi connectivity index (χ1n) is 6.48. The molecule has 110 valence electrons. The van der Waals surface area contributed by atoms with E-state index in [0.717, 1.165) is 11.1 Å². The Balaban J connectivity index is 1.97. The highest BCUT2D eigenvalue weighted by Crippen LogP contribution is 2.21. The van der Waals surface area contributed by atoms with E-state index in [4.69, 9.17) is 23.2 Å². The van der Waals surface area contributed by atoms with Crippen LogP contribution in [0.15, 0.2) is 42.5 Å². The average molecular weight is 324 g/mol. The minimum atomic E-state index is -0.146. The number of amides is 1. The van der Waals surface area contributed by atoms with Gasteiger partial charge in [-0.05, 0) is 34.9 Å². The molecular formula is C16H15Cl2NO2. The van der Waals surface area contributed by atoms with Gasteiger partial charge < -0.3 is 10.4 Å². The average Bonchev–Trinajstić information content (AvgIpc) is 2.49. The first-order valence-corrected chi connectivity index (χ1v) is 7.24. The number of rotatable bonds is 5. The number of carbonyl (C=O) groups excluding carboxylic acids is 1. The fourth-order valence-corrected chi connectivity index (χ4v) is 2.37. The maximum Gasteiger partial charge on any atom is 0.224 e. The summed E-state index contributed by atoms with van der Waals surface area (Å²) in [5, 5.41) is 13.1. The summed E-state index contributed by atoms with van der Waals surface area (Å²) < 4.78 is 0. The molecule has 21 heavy (non-hydrogen) atoms. The number of carbonyl (C=O) groups is 1. The molecule has 2 rings (SSSR count). The maximum absolute atomic E-state index is 12.0. The van der Waals surface area contributed by atoms with Crippen LogP contribution in [0.25, 0.3) is 0 Å². The van der Waals surface area contributed by atoms with Crippen LogP contribution in [0.1, 0.15) is 16.7 Å². The second-order valence-corrected chi connectivity index (χ2v) is 5.46. The summed E-state index contributed by atoms with van der Waals surface area (Å²) in [6.45, 7) is 0.319. The van der Waals surface area contributed by atoms with Crippen LogP contribution in [0.2, 0.25) is 10.0 Å². The molecule has 1 amide bonds. The van der Waals surface area contributed by atoms with Gasteiger partial charge in [-0.25, -0.2) is 0 Å². The van der Waals surface area contributed by atoms with Crippen LogP contribution in [0.4, 0.5) is 0 Å². The molecular weight excluding hydrogens is 309 g/mol. The molecule has 0 unspecified atom stereocenters. The van der Waals surface area contributed by atoms with Crippen LogP contribution in [-0.2, 0) is 24.4 Å². The maximum atomic E-state index is 12.0. The Bertz CT molecular complexity index is 644. The van der Waals surface area contributed by atoms with Crippen LogP contribution in [0.5, 0.6) is 0 Å². The Kier molecular flexibility index (Phi) is 5.62. The van der Waals surface area contributed by atoms with Gasteiger partial charge in [-0.15, -0.1) is 0 Å². The third-order valence-corrected chi connectivity index (χ3v) is 3.73. The minimum absolute atomic E-state index is 0.0494. The first-order chi connectivity index (χ1) is 10.1. The molecule has 2 aromatic rings. The second-order valence-electron chi connectivity index (χ2n) is 4.62. The summed E-state index contributed by atoms with van der Waals surface area (Å²) in [6, 6.07) is 12.5. The van der Waals surface area contributed by atoms with Crippen LogP contribution >= 0.6 is 23.2 Å². The van der Waals surface area contributed by atoms with Crippen LogP contribution < -0.4 is 5.32 Å². The third-order valence-electron chi connectivity index (χ3n) is 3.12. The number of hydrogen-bond acceptors (Lipinski definition) is 2. The number of benzene rings is 2. The Labute approximate surface area is 133 Å². The van der Waals surface area contributed by atoms with Crippen molar-refractivity contribution in [3.63, 3.8) is 0 Å². The van der Waals surface area contributed by atoms with E-state index in [1.54, 1.807) is 18.2 Å². The summed E-state index contributed by atoms with van der Waals surface area (Å²) in [6.07, 6.45) is 0.167. The van der Waals surface area contributed by atoms with Gasteiger partial charge in [0.05, 0.1) is 13.0 Å².